The van der Waals surface area contributed by atoms with Crippen LogP contribution in [-0.4, -0.2) is 22.3 Å². The van der Waals surface area contributed by atoms with E-state index in [1.54, 1.807) is 0 Å². The van der Waals surface area contributed by atoms with Crippen molar-refractivity contribution in [3.8, 4) is 0 Å². The molecule has 2 aromatic carbocycles. The fourth-order valence-corrected chi connectivity index (χ4v) is 4.78. The number of aromatic nitrogens is 1. The normalized spacial score (nSPS) is 16.5. The molecule has 3 heterocycles. The van der Waals surface area contributed by atoms with E-state index >= 15 is 0 Å². The minimum Gasteiger partial charge on any atom is -0.356 e. The Morgan fingerprint density at radius 3 is 2.67 bits per heavy atom. The Morgan fingerprint density at radius 2 is 1.89 bits per heavy atom. The van der Waals surface area contributed by atoms with Crippen LogP contribution in [0.3, 0.4) is 0 Å². The molecule has 134 valence electrons. The number of H-pyrrole nitrogens is 1. The van der Waals surface area contributed by atoms with Crippen LogP contribution < -0.4 is 0 Å². The number of hydrogen-bond acceptors (Lipinski definition) is 2. The van der Waals surface area contributed by atoms with Crippen molar-refractivity contribution in [1.29, 1.82) is 0 Å². The molecule has 1 aliphatic heterocycles. The molecule has 0 radical (unpaired) electrons. The lowest BCUT2D eigenvalue weighted by molar-refractivity contribution is 0.0697. The molecule has 1 N–H and O–H groups in total. The Hall–Kier alpha value is -2.85. The number of carbonyl (C=O) groups is 1. The first-order valence-corrected chi connectivity index (χ1v) is 10.1. The molecule has 0 saturated heterocycles. The first-order chi connectivity index (χ1) is 13.2. The monoisotopic (exact) mass is 372 g/mol. The van der Waals surface area contributed by atoms with Crippen molar-refractivity contribution in [3.05, 3.63) is 93.3 Å². The topological polar surface area (TPSA) is 36.1 Å². The van der Waals surface area contributed by atoms with E-state index in [0.717, 1.165) is 34.6 Å². The zero-order valence-corrected chi connectivity index (χ0v) is 15.9. The maximum atomic E-state index is 13.3. The van der Waals surface area contributed by atoms with Gasteiger partial charge in [-0.05, 0) is 42.0 Å². The largest absolute Gasteiger partial charge is 0.356 e. The summed E-state index contributed by atoms with van der Waals surface area (Å²) in [4.78, 5) is 19.7. The quantitative estimate of drug-likeness (QED) is 0.507. The molecule has 1 atom stereocenters. The van der Waals surface area contributed by atoms with Crippen LogP contribution in [0.15, 0.2) is 66.0 Å². The highest BCUT2D eigenvalue weighted by molar-refractivity contribution is 7.12. The summed E-state index contributed by atoms with van der Waals surface area (Å²) in [5, 5.41) is 3.24. The minimum atomic E-state index is -0.0867. The van der Waals surface area contributed by atoms with Crippen molar-refractivity contribution in [3.63, 3.8) is 0 Å². The number of para-hydroxylation sites is 1. The van der Waals surface area contributed by atoms with Crippen molar-refractivity contribution in [2.75, 3.05) is 6.54 Å². The molecule has 0 saturated carbocycles. The molecule has 2 aromatic heterocycles. The van der Waals surface area contributed by atoms with Crippen LogP contribution in [0.1, 0.15) is 38.1 Å². The van der Waals surface area contributed by atoms with Crippen molar-refractivity contribution in [1.82, 2.24) is 9.88 Å². The first kappa shape index (κ1) is 16.3. The Labute approximate surface area is 162 Å². The molecular weight excluding hydrogens is 352 g/mol. The van der Waals surface area contributed by atoms with Gasteiger partial charge >= 0.3 is 0 Å². The SMILES string of the molecule is Cc1ccc([C@H]2c3[nH]c4ccccc4c3CCN2C(=O)c2cccs2)cc1. The van der Waals surface area contributed by atoms with Gasteiger partial charge in [-0.1, -0.05) is 54.1 Å². The molecule has 4 heteroatoms. The van der Waals surface area contributed by atoms with Crippen LogP contribution in [0.4, 0.5) is 0 Å². The van der Waals surface area contributed by atoms with Gasteiger partial charge in [0, 0.05) is 23.1 Å². The number of aromatic amines is 1. The van der Waals surface area contributed by atoms with Gasteiger partial charge in [0.2, 0.25) is 0 Å². The standard InChI is InChI=1S/C23H20N2OS/c1-15-8-10-16(11-9-15)22-21-18(17-5-2-3-6-19(17)24-21)12-13-25(22)23(26)20-7-4-14-27-20/h2-11,14,22,24H,12-13H2,1H3/t22-/m0/s1. The third-order valence-corrected chi connectivity index (χ3v) is 6.28. The number of aryl methyl sites for hydroxylation is 1. The minimum absolute atomic E-state index is 0.0867. The van der Waals surface area contributed by atoms with E-state index < -0.39 is 0 Å². The Kier molecular flexibility index (Phi) is 3.87. The average molecular weight is 372 g/mol. The van der Waals surface area contributed by atoms with Crippen LogP contribution in [0, 0.1) is 6.92 Å². The zero-order valence-electron chi connectivity index (χ0n) is 15.1. The van der Waals surface area contributed by atoms with Crippen LogP contribution >= 0.6 is 11.3 Å². The fraction of sp³-hybridized carbons (Fsp3) is 0.174. The van der Waals surface area contributed by atoms with E-state index in [0.29, 0.717) is 0 Å². The number of rotatable bonds is 2. The molecule has 0 bridgehead atoms. The number of fused-ring (bicyclic) bond motifs is 3. The van der Waals surface area contributed by atoms with Gasteiger partial charge in [0.25, 0.3) is 5.91 Å². The summed E-state index contributed by atoms with van der Waals surface area (Å²) in [7, 11) is 0. The van der Waals surface area contributed by atoms with Crippen LogP contribution in [0.5, 0.6) is 0 Å². The number of amides is 1. The highest BCUT2D eigenvalue weighted by Gasteiger charge is 2.35. The number of nitrogens with zero attached hydrogens (tertiary/aromatic N) is 1. The van der Waals surface area contributed by atoms with Crippen molar-refractivity contribution in [2.45, 2.75) is 19.4 Å². The highest BCUT2D eigenvalue weighted by Crippen LogP contribution is 2.39. The Morgan fingerprint density at radius 1 is 1.07 bits per heavy atom. The highest BCUT2D eigenvalue weighted by atomic mass is 32.1. The van der Waals surface area contributed by atoms with E-state index in [9.17, 15) is 4.79 Å². The summed E-state index contributed by atoms with van der Waals surface area (Å²) in [5.41, 5.74) is 6.01. The molecule has 0 fully saturated rings. The van der Waals surface area contributed by atoms with Gasteiger partial charge in [-0.2, -0.15) is 0 Å². The lowest BCUT2D eigenvalue weighted by Crippen LogP contribution is -2.40. The third kappa shape index (κ3) is 2.68. The molecule has 1 aliphatic rings. The second-order valence-corrected chi connectivity index (χ2v) is 8.05. The van der Waals surface area contributed by atoms with Gasteiger partial charge < -0.3 is 9.88 Å². The van der Waals surface area contributed by atoms with Gasteiger partial charge in [-0.25, -0.2) is 0 Å². The van der Waals surface area contributed by atoms with Gasteiger partial charge in [0.05, 0.1) is 10.9 Å². The molecule has 0 unspecified atom stereocenters. The van der Waals surface area contributed by atoms with E-state index in [4.69, 9.17) is 0 Å². The fourth-order valence-electron chi connectivity index (χ4n) is 4.10. The second-order valence-electron chi connectivity index (χ2n) is 7.10. The molecule has 0 aliphatic carbocycles. The number of thiophene rings is 1. The summed E-state index contributed by atoms with van der Waals surface area (Å²) in [6.45, 7) is 2.82. The summed E-state index contributed by atoms with van der Waals surface area (Å²) in [6, 6.07) is 20.7. The number of nitrogens with one attached hydrogen (secondary N) is 1. The van der Waals surface area contributed by atoms with Gasteiger partial charge in [0.1, 0.15) is 0 Å². The summed E-state index contributed by atoms with van der Waals surface area (Å²) in [6.07, 6.45) is 0.874. The Bertz CT molecular complexity index is 1110. The molecule has 0 spiro atoms. The maximum Gasteiger partial charge on any atom is 0.264 e. The van der Waals surface area contributed by atoms with Crippen LogP contribution in [0.25, 0.3) is 10.9 Å². The molecular formula is C23H20N2OS. The maximum absolute atomic E-state index is 13.3. The molecule has 5 rings (SSSR count). The predicted octanol–water partition coefficient (Wildman–Crippen LogP) is 5.33. The van der Waals surface area contributed by atoms with E-state index in [1.807, 2.05) is 22.4 Å². The lowest BCUT2D eigenvalue weighted by atomic mass is 9.92. The summed E-state index contributed by atoms with van der Waals surface area (Å²) >= 11 is 1.51. The lowest BCUT2D eigenvalue weighted by Gasteiger charge is -2.36. The van der Waals surface area contributed by atoms with Crippen LogP contribution in [0.2, 0.25) is 0 Å². The van der Waals surface area contributed by atoms with Crippen LogP contribution in [-0.2, 0) is 6.42 Å². The first-order valence-electron chi connectivity index (χ1n) is 9.23. The summed E-state index contributed by atoms with van der Waals surface area (Å²) in [5.74, 6) is 0.111. The van der Waals surface area contributed by atoms with Gasteiger partial charge in [-0.3, -0.25) is 4.79 Å². The molecule has 1 amide bonds. The summed E-state index contributed by atoms with van der Waals surface area (Å²) < 4.78 is 0. The van der Waals surface area contributed by atoms with E-state index in [-0.39, 0.29) is 11.9 Å². The van der Waals surface area contributed by atoms with E-state index in [2.05, 4.69) is 60.4 Å². The van der Waals surface area contributed by atoms with Gasteiger partial charge in [0.15, 0.2) is 0 Å². The van der Waals surface area contributed by atoms with Crippen molar-refractivity contribution < 1.29 is 4.79 Å². The van der Waals surface area contributed by atoms with Crippen molar-refractivity contribution >= 4 is 28.1 Å². The number of hydrogen-bond donors (Lipinski definition) is 1. The molecule has 4 aromatic rings. The molecule has 3 nitrogen and oxygen atoms in total. The third-order valence-electron chi connectivity index (χ3n) is 5.42. The number of benzene rings is 2. The smallest absolute Gasteiger partial charge is 0.264 e. The van der Waals surface area contributed by atoms with Gasteiger partial charge in [-0.15, -0.1) is 11.3 Å². The van der Waals surface area contributed by atoms with E-state index in [1.165, 1.54) is 27.8 Å². The molecule has 27 heavy (non-hydrogen) atoms. The number of carbonyl (C=O) groups excluding carboxylic acids is 1. The van der Waals surface area contributed by atoms with Crippen molar-refractivity contribution in [2.24, 2.45) is 0 Å². The second kappa shape index (κ2) is 6.39. The zero-order chi connectivity index (χ0) is 18.4. The average Bonchev–Trinajstić information content (AvgIpc) is 3.35. The predicted molar refractivity (Wildman–Crippen MR) is 110 cm³/mol. The Balaban J connectivity index is 1.68.